The first-order valence-corrected chi connectivity index (χ1v) is 9.34. The lowest BCUT2D eigenvalue weighted by Crippen LogP contribution is -2.35. The second kappa shape index (κ2) is 9.16. The molecule has 1 atom stereocenters. The molecule has 3 amide bonds. The van der Waals surface area contributed by atoms with E-state index in [1.807, 2.05) is 6.07 Å². The Morgan fingerprint density at radius 1 is 1.14 bits per heavy atom. The van der Waals surface area contributed by atoms with Crippen LogP contribution >= 0.6 is 0 Å². The Morgan fingerprint density at radius 2 is 1.89 bits per heavy atom. The summed E-state index contributed by atoms with van der Waals surface area (Å²) < 4.78 is 14.1. The maximum absolute atomic E-state index is 14.1. The fraction of sp³-hybridized carbons (Fsp3) is 0.350. The number of rotatable bonds is 6. The lowest BCUT2D eigenvalue weighted by atomic mass is 10.0. The summed E-state index contributed by atoms with van der Waals surface area (Å²) in [6, 6.07) is 7.92. The number of hydrogen-bond acceptors (Lipinski definition) is 4. The zero-order chi connectivity index (χ0) is 19.9. The molecule has 1 aliphatic heterocycles. The summed E-state index contributed by atoms with van der Waals surface area (Å²) in [5.74, 6) is -0.00606. The van der Waals surface area contributed by atoms with Crippen LogP contribution in [0.15, 0.2) is 42.6 Å². The molecule has 0 bridgehead atoms. The molecule has 4 N–H and O–H groups in total. The highest BCUT2D eigenvalue weighted by Crippen LogP contribution is 2.22. The van der Waals surface area contributed by atoms with Gasteiger partial charge in [0, 0.05) is 18.7 Å². The molecular weight excluding hydrogens is 361 g/mol. The van der Waals surface area contributed by atoms with Crippen LogP contribution in [0.5, 0.6) is 0 Å². The average molecular weight is 385 g/mol. The molecule has 1 aromatic heterocycles. The first kappa shape index (κ1) is 19.6. The number of hydrogen-bond donors (Lipinski definition) is 3. The van der Waals surface area contributed by atoms with Gasteiger partial charge in [0.1, 0.15) is 11.6 Å². The molecule has 0 spiro atoms. The number of nitrogens with one attached hydrogen (secondary N) is 2. The van der Waals surface area contributed by atoms with E-state index in [0.717, 1.165) is 31.7 Å². The van der Waals surface area contributed by atoms with Crippen molar-refractivity contribution in [2.24, 2.45) is 5.73 Å². The fourth-order valence-corrected chi connectivity index (χ4v) is 3.34. The van der Waals surface area contributed by atoms with Gasteiger partial charge in [0.05, 0.1) is 24.3 Å². The molecule has 1 aliphatic rings. The van der Waals surface area contributed by atoms with E-state index in [2.05, 4.69) is 20.5 Å². The number of anilines is 2. The van der Waals surface area contributed by atoms with E-state index in [0.29, 0.717) is 5.69 Å². The summed E-state index contributed by atoms with van der Waals surface area (Å²) in [6.45, 7) is 1.98. The number of halogens is 1. The van der Waals surface area contributed by atoms with Crippen molar-refractivity contribution in [3.63, 3.8) is 0 Å². The van der Waals surface area contributed by atoms with E-state index in [1.165, 1.54) is 24.6 Å². The number of primary amides is 1. The number of amides is 3. The summed E-state index contributed by atoms with van der Waals surface area (Å²) in [4.78, 5) is 30.3. The van der Waals surface area contributed by atoms with Gasteiger partial charge < -0.3 is 21.3 Å². The zero-order valence-electron chi connectivity index (χ0n) is 15.5. The first-order valence-electron chi connectivity index (χ1n) is 9.34. The van der Waals surface area contributed by atoms with Crippen LogP contribution in [0.4, 0.5) is 20.7 Å². The van der Waals surface area contributed by atoms with Crippen LogP contribution in [0.2, 0.25) is 0 Å². The van der Waals surface area contributed by atoms with E-state index in [-0.39, 0.29) is 17.9 Å². The lowest BCUT2D eigenvalue weighted by molar-refractivity contribution is -0.116. The van der Waals surface area contributed by atoms with Crippen LogP contribution < -0.4 is 21.3 Å². The van der Waals surface area contributed by atoms with Crippen LogP contribution in [0.3, 0.4) is 0 Å². The molecule has 1 saturated heterocycles. The van der Waals surface area contributed by atoms with Crippen molar-refractivity contribution in [1.29, 1.82) is 0 Å². The molecule has 1 unspecified atom stereocenters. The molecule has 28 heavy (non-hydrogen) atoms. The smallest absolute Gasteiger partial charge is 0.312 e. The maximum atomic E-state index is 14.1. The van der Waals surface area contributed by atoms with Crippen molar-refractivity contribution < 1.29 is 14.0 Å². The molecular formula is C20H24FN5O2. The number of nitrogens with zero attached hydrogens (tertiary/aromatic N) is 2. The van der Waals surface area contributed by atoms with E-state index in [1.54, 1.807) is 18.3 Å². The monoisotopic (exact) mass is 385 g/mol. The Hall–Kier alpha value is -3.16. The van der Waals surface area contributed by atoms with Gasteiger partial charge in [-0.2, -0.15) is 0 Å². The van der Waals surface area contributed by atoms with E-state index < -0.39 is 17.9 Å². The summed E-state index contributed by atoms with van der Waals surface area (Å²) in [5.41, 5.74) is 5.92. The van der Waals surface area contributed by atoms with Crippen LogP contribution in [-0.2, 0) is 4.79 Å². The number of carbonyl (C=O) groups excluding carboxylic acids is 2. The van der Waals surface area contributed by atoms with Gasteiger partial charge in [-0.25, -0.2) is 14.2 Å². The fourth-order valence-electron chi connectivity index (χ4n) is 3.34. The third-order valence-electron chi connectivity index (χ3n) is 4.70. The molecule has 1 aromatic carbocycles. The minimum absolute atomic E-state index is 0.155. The minimum Gasteiger partial charge on any atom is -0.357 e. The third kappa shape index (κ3) is 5.18. The highest BCUT2D eigenvalue weighted by atomic mass is 19.1. The van der Waals surface area contributed by atoms with Gasteiger partial charge in [-0.3, -0.25) is 4.79 Å². The number of carbonyl (C=O) groups is 2. The first-order chi connectivity index (χ1) is 13.5. The van der Waals surface area contributed by atoms with Crippen molar-refractivity contribution in [2.45, 2.75) is 31.7 Å². The number of nitrogens with two attached hydrogens (primary N) is 1. The SMILES string of the molecule is NC(=O)NC(CC(=O)Nc1ccc(N2CCCCC2)nc1)c1ccccc1F. The predicted octanol–water partition coefficient (Wildman–Crippen LogP) is 2.95. The average Bonchev–Trinajstić information content (AvgIpc) is 2.69. The van der Waals surface area contributed by atoms with Crippen molar-refractivity contribution in [1.82, 2.24) is 10.3 Å². The second-order valence-electron chi connectivity index (χ2n) is 6.79. The van der Waals surface area contributed by atoms with E-state index in [4.69, 9.17) is 5.73 Å². The molecule has 7 nitrogen and oxygen atoms in total. The van der Waals surface area contributed by atoms with Gasteiger partial charge in [-0.05, 0) is 37.5 Å². The van der Waals surface area contributed by atoms with Crippen LogP contribution in [0, 0.1) is 5.82 Å². The number of urea groups is 1. The third-order valence-corrected chi connectivity index (χ3v) is 4.70. The number of pyridine rings is 1. The van der Waals surface area contributed by atoms with Crippen LogP contribution in [-0.4, -0.2) is 30.0 Å². The standard InChI is InChI=1S/C20H24FN5O2/c21-16-7-3-2-6-15(16)17(25-20(22)28)12-19(27)24-14-8-9-18(23-13-14)26-10-4-1-5-11-26/h2-3,6-9,13,17H,1,4-5,10-12H2,(H,24,27)(H3,22,25,28). The molecule has 148 valence electrons. The lowest BCUT2D eigenvalue weighted by Gasteiger charge is -2.27. The van der Waals surface area contributed by atoms with Gasteiger partial charge in [0.25, 0.3) is 0 Å². The number of benzene rings is 1. The van der Waals surface area contributed by atoms with Crippen LogP contribution in [0.1, 0.15) is 37.3 Å². The summed E-state index contributed by atoms with van der Waals surface area (Å²) >= 11 is 0. The van der Waals surface area contributed by atoms with Crippen LogP contribution in [0.25, 0.3) is 0 Å². The molecule has 2 aromatic rings. The van der Waals surface area contributed by atoms with Crippen molar-refractivity contribution in [2.75, 3.05) is 23.3 Å². The highest BCUT2D eigenvalue weighted by molar-refractivity contribution is 5.91. The molecule has 8 heteroatoms. The van der Waals surface area contributed by atoms with Gasteiger partial charge in [0.2, 0.25) is 5.91 Å². The van der Waals surface area contributed by atoms with Gasteiger partial charge in [-0.15, -0.1) is 0 Å². The summed E-state index contributed by atoms with van der Waals surface area (Å²) in [6.07, 6.45) is 5.00. The van der Waals surface area contributed by atoms with Crippen molar-refractivity contribution in [3.8, 4) is 0 Å². The Morgan fingerprint density at radius 3 is 2.54 bits per heavy atom. The molecule has 2 heterocycles. The molecule has 1 fully saturated rings. The Balaban J connectivity index is 1.64. The number of piperidine rings is 1. The van der Waals surface area contributed by atoms with E-state index >= 15 is 0 Å². The molecule has 0 saturated carbocycles. The van der Waals surface area contributed by atoms with Gasteiger partial charge in [-0.1, -0.05) is 18.2 Å². The van der Waals surface area contributed by atoms with Gasteiger partial charge in [0.15, 0.2) is 0 Å². The maximum Gasteiger partial charge on any atom is 0.312 e. The molecule has 0 radical (unpaired) electrons. The van der Waals surface area contributed by atoms with E-state index in [9.17, 15) is 14.0 Å². The Bertz CT molecular complexity index is 822. The summed E-state index contributed by atoms with van der Waals surface area (Å²) in [5, 5.41) is 5.15. The van der Waals surface area contributed by atoms with Gasteiger partial charge >= 0.3 is 6.03 Å². The summed E-state index contributed by atoms with van der Waals surface area (Å²) in [7, 11) is 0. The largest absolute Gasteiger partial charge is 0.357 e. The topological polar surface area (TPSA) is 100 Å². The zero-order valence-corrected chi connectivity index (χ0v) is 15.5. The van der Waals surface area contributed by atoms with Crippen molar-refractivity contribution in [3.05, 3.63) is 54.0 Å². The predicted molar refractivity (Wildman–Crippen MR) is 105 cm³/mol. The quantitative estimate of drug-likeness (QED) is 0.712. The molecule has 0 aliphatic carbocycles. The Labute approximate surface area is 163 Å². The second-order valence-corrected chi connectivity index (χ2v) is 6.79. The molecule has 3 rings (SSSR count). The normalized spacial score (nSPS) is 15.0. The Kier molecular flexibility index (Phi) is 6.41. The highest BCUT2D eigenvalue weighted by Gasteiger charge is 2.20. The minimum atomic E-state index is -0.862. The van der Waals surface area contributed by atoms with Crippen molar-refractivity contribution >= 4 is 23.4 Å². The number of aromatic nitrogens is 1.